The molecular weight excluding hydrogens is 198 g/mol. The molecule has 0 heterocycles. The smallest absolute Gasteiger partial charge is 0.0480 e. The van der Waals surface area contributed by atoms with E-state index in [2.05, 4.69) is 19.2 Å². The third kappa shape index (κ3) is 5.86. The van der Waals surface area contributed by atoms with Crippen LogP contribution in [0.2, 0.25) is 0 Å². The predicted molar refractivity (Wildman–Crippen MR) is 69.8 cm³/mol. The second-order valence-electron chi connectivity index (χ2n) is 5.04. The molecule has 96 valence electrons. The summed E-state index contributed by atoms with van der Waals surface area (Å²) in [5.41, 5.74) is 0. The molecule has 1 rings (SSSR count). The first-order chi connectivity index (χ1) is 7.86. The van der Waals surface area contributed by atoms with E-state index in [-0.39, 0.29) is 0 Å². The van der Waals surface area contributed by atoms with Crippen molar-refractivity contribution in [3.05, 3.63) is 0 Å². The minimum absolute atomic E-state index is 0.685. The largest absolute Gasteiger partial charge is 0.381 e. The molecule has 0 amide bonds. The minimum atomic E-state index is 0.685. The zero-order valence-electron chi connectivity index (χ0n) is 11.1. The summed E-state index contributed by atoms with van der Waals surface area (Å²) in [6.07, 6.45) is 9.50. The van der Waals surface area contributed by atoms with Crippen LogP contribution in [-0.2, 0) is 4.74 Å². The van der Waals surface area contributed by atoms with Gasteiger partial charge in [-0.15, -0.1) is 0 Å². The summed E-state index contributed by atoms with van der Waals surface area (Å²) in [5.74, 6) is 0.982. The van der Waals surface area contributed by atoms with Crippen LogP contribution in [0.4, 0.5) is 0 Å². The topological polar surface area (TPSA) is 21.3 Å². The van der Waals surface area contributed by atoms with Crippen molar-refractivity contribution in [2.75, 3.05) is 19.8 Å². The molecule has 0 aromatic heterocycles. The van der Waals surface area contributed by atoms with Crippen molar-refractivity contribution in [3.8, 4) is 0 Å². The van der Waals surface area contributed by atoms with E-state index in [9.17, 15) is 0 Å². The number of nitrogens with one attached hydrogen (secondary N) is 1. The van der Waals surface area contributed by atoms with Gasteiger partial charge < -0.3 is 10.1 Å². The van der Waals surface area contributed by atoms with E-state index < -0.39 is 0 Å². The van der Waals surface area contributed by atoms with Crippen molar-refractivity contribution in [2.45, 2.75) is 64.8 Å². The molecule has 0 radical (unpaired) electrons. The van der Waals surface area contributed by atoms with E-state index in [0.717, 1.165) is 32.1 Å². The van der Waals surface area contributed by atoms with E-state index in [0.29, 0.717) is 6.04 Å². The van der Waals surface area contributed by atoms with Crippen molar-refractivity contribution in [1.29, 1.82) is 0 Å². The van der Waals surface area contributed by atoms with E-state index in [4.69, 9.17) is 4.74 Å². The number of ether oxygens (including phenoxy) is 1. The first-order valence-electron chi connectivity index (χ1n) is 7.18. The van der Waals surface area contributed by atoms with Gasteiger partial charge in [-0.2, -0.15) is 0 Å². The van der Waals surface area contributed by atoms with E-state index >= 15 is 0 Å². The summed E-state index contributed by atoms with van der Waals surface area (Å²) in [6.45, 7) is 7.31. The van der Waals surface area contributed by atoms with E-state index in [1.54, 1.807) is 0 Å². The molecular formula is C14H29NO. The normalized spacial score (nSPS) is 19.1. The average Bonchev–Trinajstić information content (AvgIpc) is 2.77. The fourth-order valence-electron chi connectivity index (χ4n) is 2.71. The van der Waals surface area contributed by atoms with Gasteiger partial charge >= 0.3 is 0 Å². The number of hydrogen-bond donors (Lipinski definition) is 1. The molecule has 1 unspecified atom stereocenters. The molecule has 1 N–H and O–H groups in total. The Kier molecular flexibility index (Phi) is 7.87. The fraction of sp³-hybridized carbons (Fsp3) is 1.00. The zero-order valence-corrected chi connectivity index (χ0v) is 11.1. The summed E-state index contributed by atoms with van der Waals surface area (Å²) in [5, 5.41) is 3.61. The van der Waals surface area contributed by atoms with Gasteiger partial charge in [0, 0.05) is 19.3 Å². The van der Waals surface area contributed by atoms with Crippen LogP contribution in [-0.4, -0.2) is 25.8 Å². The third-order valence-corrected chi connectivity index (χ3v) is 3.54. The first-order valence-corrected chi connectivity index (χ1v) is 7.18. The summed E-state index contributed by atoms with van der Waals surface area (Å²) in [4.78, 5) is 0. The average molecular weight is 227 g/mol. The van der Waals surface area contributed by atoms with Gasteiger partial charge in [0.1, 0.15) is 0 Å². The monoisotopic (exact) mass is 227 g/mol. The van der Waals surface area contributed by atoms with Crippen molar-refractivity contribution < 1.29 is 4.74 Å². The van der Waals surface area contributed by atoms with Crippen LogP contribution in [0, 0.1) is 5.92 Å². The predicted octanol–water partition coefficient (Wildman–Crippen LogP) is 3.36. The van der Waals surface area contributed by atoms with Gasteiger partial charge in [-0.1, -0.05) is 39.5 Å². The van der Waals surface area contributed by atoms with Crippen molar-refractivity contribution in [2.24, 2.45) is 5.92 Å². The SMILES string of the molecule is CCCOCCC(CC1CCCC1)NCC. The van der Waals surface area contributed by atoms with Gasteiger partial charge in [0.15, 0.2) is 0 Å². The lowest BCUT2D eigenvalue weighted by Gasteiger charge is -2.21. The maximum absolute atomic E-state index is 5.58. The Morgan fingerprint density at radius 1 is 1.19 bits per heavy atom. The fourth-order valence-corrected chi connectivity index (χ4v) is 2.71. The Hall–Kier alpha value is -0.0800. The highest BCUT2D eigenvalue weighted by Gasteiger charge is 2.19. The van der Waals surface area contributed by atoms with Gasteiger partial charge in [0.25, 0.3) is 0 Å². The van der Waals surface area contributed by atoms with Gasteiger partial charge in [0.05, 0.1) is 0 Å². The molecule has 2 nitrogen and oxygen atoms in total. The molecule has 0 aromatic rings. The molecule has 1 aliphatic rings. The first kappa shape index (κ1) is 14.0. The van der Waals surface area contributed by atoms with Gasteiger partial charge in [-0.25, -0.2) is 0 Å². The van der Waals surface area contributed by atoms with E-state index in [1.807, 2.05) is 0 Å². The molecule has 1 saturated carbocycles. The Morgan fingerprint density at radius 3 is 2.56 bits per heavy atom. The standard InChI is InChI=1S/C14H29NO/c1-3-10-16-11-9-14(15-4-2)12-13-7-5-6-8-13/h13-15H,3-12H2,1-2H3. The number of rotatable bonds is 9. The van der Waals surface area contributed by atoms with E-state index in [1.165, 1.54) is 38.5 Å². The second-order valence-corrected chi connectivity index (χ2v) is 5.04. The highest BCUT2D eigenvalue weighted by molar-refractivity contribution is 4.75. The molecule has 0 spiro atoms. The number of hydrogen-bond acceptors (Lipinski definition) is 2. The van der Waals surface area contributed by atoms with Gasteiger partial charge in [-0.05, 0) is 31.7 Å². The van der Waals surface area contributed by atoms with Crippen molar-refractivity contribution >= 4 is 0 Å². The molecule has 0 aliphatic heterocycles. The van der Waals surface area contributed by atoms with Crippen LogP contribution in [0.25, 0.3) is 0 Å². The lowest BCUT2D eigenvalue weighted by molar-refractivity contribution is 0.122. The summed E-state index contributed by atoms with van der Waals surface area (Å²) < 4.78 is 5.58. The Bertz CT molecular complexity index is 155. The second kappa shape index (κ2) is 9.00. The molecule has 1 fully saturated rings. The Balaban J connectivity index is 2.12. The van der Waals surface area contributed by atoms with Crippen LogP contribution in [0.5, 0.6) is 0 Å². The van der Waals surface area contributed by atoms with Gasteiger partial charge in [-0.3, -0.25) is 0 Å². The summed E-state index contributed by atoms with van der Waals surface area (Å²) in [6, 6.07) is 0.685. The Labute approximate surface area is 101 Å². The van der Waals surface area contributed by atoms with Gasteiger partial charge in [0.2, 0.25) is 0 Å². The minimum Gasteiger partial charge on any atom is -0.381 e. The Morgan fingerprint density at radius 2 is 1.94 bits per heavy atom. The molecule has 2 heteroatoms. The molecule has 16 heavy (non-hydrogen) atoms. The maximum atomic E-state index is 5.58. The van der Waals surface area contributed by atoms with Crippen LogP contribution < -0.4 is 5.32 Å². The highest BCUT2D eigenvalue weighted by Crippen LogP contribution is 2.29. The lowest BCUT2D eigenvalue weighted by atomic mass is 9.96. The van der Waals surface area contributed by atoms with Crippen molar-refractivity contribution in [3.63, 3.8) is 0 Å². The summed E-state index contributed by atoms with van der Waals surface area (Å²) >= 11 is 0. The highest BCUT2D eigenvalue weighted by atomic mass is 16.5. The van der Waals surface area contributed by atoms with Crippen molar-refractivity contribution in [1.82, 2.24) is 5.32 Å². The van der Waals surface area contributed by atoms with Crippen LogP contribution in [0.1, 0.15) is 58.8 Å². The molecule has 0 bridgehead atoms. The third-order valence-electron chi connectivity index (χ3n) is 3.54. The zero-order chi connectivity index (χ0) is 11.6. The molecule has 1 atom stereocenters. The van der Waals surface area contributed by atoms with Crippen LogP contribution in [0.15, 0.2) is 0 Å². The molecule has 1 aliphatic carbocycles. The summed E-state index contributed by atoms with van der Waals surface area (Å²) in [7, 11) is 0. The van der Waals surface area contributed by atoms with Crippen LogP contribution >= 0.6 is 0 Å². The van der Waals surface area contributed by atoms with Crippen LogP contribution in [0.3, 0.4) is 0 Å². The molecule has 0 aromatic carbocycles. The maximum Gasteiger partial charge on any atom is 0.0480 e. The lowest BCUT2D eigenvalue weighted by Crippen LogP contribution is -2.32. The molecule has 0 saturated heterocycles. The quantitative estimate of drug-likeness (QED) is 0.610.